The molecule has 1 heterocycles. The second-order valence-electron chi connectivity index (χ2n) is 6.61. The summed E-state index contributed by atoms with van der Waals surface area (Å²) in [5, 5.41) is 0. The Labute approximate surface area is 163 Å². The van der Waals surface area contributed by atoms with Crippen LogP contribution in [0, 0.1) is 0 Å². The molecule has 0 saturated carbocycles. The van der Waals surface area contributed by atoms with Crippen LogP contribution in [0.5, 0.6) is 11.5 Å². The van der Waals surface area contributed by atoms with Crippen LogP contribution in [-0.2, 0) is 6.42 Å². The van der Waals surface area contributed by atoms with Gasteiger partial charge in [-0.25, -0.2) is 4.99 Å². The molecule has 0 aliphatic carbocycles. The quantitative estimate of drug-likeness (QED) is 0.471. The van der Waals surface area contributed by atoms with E-state index in [0.717, 1.165) is 60.4 Å². The molecule has 0 radical (unpaired) electrons. The van der Waals surface area contributed by atoms with E-state index in [0.29, 0.717) is 6.42 Å². The minimum atomic E-state index is 0.661. The maximum atomic E-state index is 5.55. The van der Waals surface area contributed by atoms with Crippen molar-refractivity contribution in [3.8, 4) is 11.5 Å². The summed E-state index contributed by atoms with van der Waals surface area (Å²) in [6, 6.07) is 5.86. The first-order valence-electron chi connectivity index (χ1n) is 9.44. The molecule has 1 aromatic rings. The topological polar surface area (TPSA) is 46.4 Å². The molecule has 2 rings (SSSR count). The third-order valence-electron chi connectivity index (χ3n) is 4.43. The zero-order valence-corrected chi connectivity index (χ0v) is 17.2. The van der Waals surface area contributed by atoms with Gasteiger partial charge in [-0.05, 0) is 57.4 Å². The van der Waals surface area contributed by atoms with E-state index in [1.54, 1.807) is 14.2 Å². The van der Waals surface area contributed by atoms with Crippen molar-refractivity contribution in [1.29, 1.82) is 0 Å². The second kappa shape index (κ2) is 9.95. The van der Waals surface area contributed by atoms with Crippen LogP contribution in [0.25, 0.3) is 0 Å². The monoisotopic (exact) mass is 369 g/mol. The van der Waals surface area contributed by atoms with Gasteiger partial charge in [0.05, 0.1) is 14.2 Å². The number of allylic oxidation sites excluding steroid dienone is 2. The third-order valence-corrected chi connectivity index (χ3v) is 4.43. The molecule has 146 valence electrons. The number of rotatable bonds is 9. The van der Waals surface area contributed by atoms with Gasteiger partial charge in [0.2, 0.25) is 0 Å². The van der Waals surface area contributed by atoms with E-state index >= 15 is 0 Å². The van der Waals surface area contributed by atoms with Crippen molar-refractivity contribution >= 4 is 11.7 Å². The lowest BCUT2D eigenvalue weighted by atomic mass is 10.1. The van der Waals surface area contributed by atoms with E-state index in [-0.39, 0.29) is 0 Å². The van der Waals surface area contributed by atoms with Gasteiger partial charge in [0, 0.05) is 25.1 Å². The number of ether oxygens (including phenoxy) is 2. The molecule has 0 atom stereocenters. The van der Waals surface area contributed by atoms with Gasteiger partial charge in [-0.15, -0.1) is 6.58 Å². The van der Waals surface area contributed by atoms with Crippen LogP contribution in [0.3, 0.4) is 0 Å². The Hall–Kier alpha value is -2.56. The molecule has 0 bridgehead atoms. The number of hydrogen-bond acceptors (Lipinski definition) is 4. The number of amidine groups is 2. The molecular weight excluding hydrogens is 338 g/mol. The first-order valence-corrected chi connectivity index (χ1v) is 9.44. The predicted octanol–water partition coefficient (Wildman–Crippen LogP) is 4.64. The van der Waals surface area contributed by atoms with Gasteiger partial charge in [0.15, 0.2) is 5.84 Å². The largest absolute Gasteiger partial charge is 0.497 e. The van der Waals surface area contributed by atoms with Crippen molar-refractivity contribution < 1.29 is 9.47 Å². The van der Waals surface area contributed by atoms with Gasteiger partial charge < -0.3 is 14.4 Å². The highest BCUT2D eigenvalue weighted by molar-refractivity contribution is 6.15. The zero-order chi connectivity index (χ0) is 19.8. The standard InChI is InChI=1S/C22H31N3O2/c1-7-9-10-13-25-20(24-21(16(3)4)22(25)23-8-2)15-17-14-18(26-5)11-12-19(17)27-6/h7,11-12,14H,1,8-10,13,15H2,2-6H3/b23-22+. The predicted molar refractivity (Wildman–Crippen MR) is 113 cm³/mol. The molecule has 0 aromatic heterocycles. The molecule has 1 aliphatic heterocycles. The van der Waals surface area contributed by atoms with E-state index < -0.39 is 0 Å². The maximum Gasteiger partial charge on any atom is 0.155 e. The highest BCUT2D eigenvalue weighted by Gasteiger charge is 2.29. The van der Waals surface area contributed by atoms with Crippen LogP contribution >= 0.6 is 0 Å². The fourth-order valence-corrected chi connectivity index (χ4v) is 3.09. The lowest BCUT2D eigenvalue weighted by molar-refractivity contribution is 0.399. The van der Waals surface area contributed by atoms with Crippen LogP contribution < -0.4 is 9.47 Å². The van der Waals surface area contributed by atoms with E-state index in [1.165, 1.54) is 5.57 Å². The van der Waals surface area contributed by atoms with Crippen molar-refractivity contribution in [2.75, 3.05) is 27.3 Å². The summed E-state index contributed by atoms with van der Waals surface area (Å²) >= 11 is 0. The molecule has 0 fully saturated rings. The van der Waals surface area contributed by atoms with Crippen molar-refractivity contribution in [2.45, 2.75) is 40.0 Å². The number of methoxy groups -OCH3 is 2. The van der Waals surface area contributed by atoms with E-state index in [1.807, 2.05) is 24.3 Å². The van der Waals surface area contributed by atoms with Crippen LogP contribution in [-0.4, -0.2) is 43.9 Å². The molecule has 1 aromatic carbocycles. The van der Waals surface area contributed by atoms with Gasteiger partial charge in [-0.1, -0.05) is 6.08 Å². The second-order valence-corrected chi connectivity index (χ2v) is 6.61. The molecule has 5 nitrogen and oxygen atoms in total. The van der Waals surface area contributed by atoms with Crippen LogP contribution in [0.2, 0.25) is 0 Å². The molecule has 0 unspecified atom stereocenters. The molecule has 0 saturated heterocycles. The van der Waals surface area contributed by atoms with E-state index in [4.69, 9.17) is 19.5 Å². The average Bonchev–Trinajstić information content (AvgIpc) is 3.00. The Balaban J connectivity index is 2.42. The lowest BCUT2D eigenvalue weighted by Crippen LogP contribution is -2.34. The molecular formula is C22H31N3O2. The summed E-state index contributed by atoms with van der Waals surface area (Å²) in [7, 11) is 3.36. The number of aliphatic imine (C=N–C) groups is 2. The summed E-state index contributed by atoms with van der Waals surface area (Å²) in [5.41, 5.74) is 3.20. The Kier molecular flexibility index (Phi) is 7.65. The maximum absolute atomic E-state index is 5.55. The Morgan fingerprint density at radius 1 is 1.26 bits per heavy atom. The van der Waals surface area contributed by atoms with Gasteiger partial charge in [-0.3, -0.25) is 4.99 Å². The summed E-state index contributed by atoms with van der Waals surface area (Å²) in [6.07, 6.45) is 4.59. The molecule has 27 heavy (non-hydrogen) atoms. The zero-order valence-electron chi connectivity index (χ0n) is 17.2. The van der Waals surface area contributed by atoms with Crippen molar-refractivity contribution in [3.63, 3.8) is 0 Å². The molecule has 0 amide bonds. The molecule has 5 heteroatoms. The van der Waals surface area contributed by atoms with Crippen molar-refractivity contribution in [3.05, 3.63) is 47.7 Å². The van der Waals surface area contributed by atoms with Gasteiger partial charge in [-0.2, -0.15) is 0 Å². The molecule has 1 aliphatic rings. The summed E-state index contributed by atoms with van der Waals surface area (Å²) in [5.74, 6) is 3.61. The highest BCUT2D eigenvalue weighted by Crippen LogP contribution is 2.28. The summed E-state index contributed by atoms with van der Waals surface area (Å²) < 4.78 is 10.9. The minimum Gasteiger partial charge on any atom is -0.497 e. The van der Waals surface area contributed by atoms with Gasteiger partial charge in [0.25, 0.3) is 0 Å². The van der Waals surface area contributed by atoms with E-state index in [2.05, 4.69) is 32.3 Å². The highest BCUT2D eigenvalue weighted by atomic mass is 16.5. The Bertz CT molecular complexity index is 759. The van der Waals surface area contributed by atoms with Crippen LogP contribution in [0.1, 0.15) is 39.2 Å². The van der Waals surface area contributed by atoms with E-state index in [9.17, 15) is 0 Å². The summed E-state index contributed by atoms with van der Waals surface area (Å²) in [4.78, 5) is 11.9. The lowest BCUT2D eigenvalue weighted by Gasteiger charge is -2.22. The van der Waals surface area contributed by atoms with Crippen molar-refractivity contribution in [2.24, 2.45) is 9.98 Å². The molecule has 0 N–H and O–H groups in total. The van der Waals surface area contributed by atoms with Crippen LogP contribution in [0.4, 0.5) is 0 Å². The van der Waals surface area contributed by atoms with Crippen molar-refractivity contribution in [1.82, 2.24) is 4.90 Å². The first kappa shape index (κ1) is 20.7. The number of benzene rings is 1. The normalized spacial score (nSPS) is 15.1. The Morgan fingerprint density at radius 2 is 2.04 bits per heavy atom. The first-order chi connectivity index (χ1) is 13.0. The smallest absolute Gasteiger partial charge is 0.155 e. The van der Waals surface area contributed by atoms with Gasteiger partial charge in [0.1, 0.15) is 23.0 Å². The fraction of sp³-hybridized carbons (Fsp3) is 0.455. The fourth-order valence-electron chi connectivity index (χ4n) is 3.09. The molecule has 0 spiro atoms. The minimum absolute atomic E-state index is 0.661. The number of nitrogens with zero attached hydrogens (tertiary/aromatic N) is 3. The van der Waals surface area contributed by atoms with Crippen LogP contribution in [0.15, 0.2) is 52.1 Å². The third kappa shape index (κ3) is 5.00. The Morgan fingerprint density at radius 3 is 2.63 bits per heavy atom. The average molecular weight is 370 g/mol. The summed E-state index contributed by atoms with van der Waals surface area (Å²) in [6.45, 7) is 11.7. The number of unbranched alkanes of at least 4 members (excludes halogenated alkanes) is 1. The number of hydrogen-bond donors (Lipinski definition) is 0. The SMILES string of the molecule is C=CCCCN1C(Cc2cc(OC)ccc2OC)=NC(=C(C)C)/C1=N\CC. The van der Waals surface area contributed by atoms with Gasteiger partial charge >= 0.3 is 0 Å².